The van der Waals surface area contributed by atoms with Gasteiger partial charge in [-0.3, -0.25) is 14.2 Å². The van der Waals surface area contributed by atoms with Crippen molar-refractivity contribution in [3.63, 3.8) is 0 Å². The smallest absolute Gasteiger partial charge is 0.262 e. The van der Waals surface area contributed by atoms with Crippen LogP contribution in [0, 0.1) is 6.92 Å². The van der Waals surface area contributed by atoms with Crippen molar-refractivity contribution < 1.29 is 4.79 Å². The lowest BCUT2D eigenvalue weighted by molar-refractivity contribution is 0.102. The number of fused-ring (bicyclic) bond motifs is 1. The Labute approximate surface area is 134 Å². The zero-order valence-corrected chi connectivity index (χ0v) is 14.5. The molecule has 0 aromatic carbocycles. The van der Waals surface area contributed by atoms with Crippen LogP contribution in [0.4, 0.5) is 0 Å². The van der Waals surface area contributed by atoms with Crippen LogP contribution < -0.4 is 5.56 Å². The van der Waals surface area contributed by atoms with Gasteiger partial charge in [-0.15, -0.1) is 11.3 Å². The molecule has 6 heteroatoms. The van der Waals surface area contributed by atoms with Gasteiger partial charge in [0.2, 0.25) is 0 Å². The number of hydrogen-bond donors (Lipinski definition) is 0. The van der Waals surface area contributed by atoms with Crippen LogP contribution in [0.15, 0.2) is 11.1 Å². The summed E-state index contributed by atoms with van der Waals surface area (Å²) < 4.78 is 1.66. The third-order valence-electron chi connectivity index (χ3n) is 4.00. The Morgan fingerprint density at radius 3 is 2.64 bits per heavy atom. The summed E-state index contributed by atoms with van der Waals surface area (Å²) in [5.41, 5.74) is 0.730. The van der Waals surface area contributed by atoms with E-state index in [1.165, 1.54) is 18.3 Å². The molecule has 0 fully saturated rings. The van der Waals surface area contributed by atoms with Crippen molar-refractivity contribution in [3.8, 4) is 0 Å². The molecule has 0 atom stereocenters. The first-order valence-corrected chi connectivity index (χ1v) is 8.53. The third-order valence-corrected chi connectivity index (χ3v) is 5.31. The van der Waals surface area contributed by atoms with Crippen molar-refractivity contribution in [2.24, 2.45) is 0 Å². The molecule has 5 nitrogen and oxygen atoms in total. The highest BCUT2D eigenvalue weighted by Gasteiger charge is 2.16. The first-order valence-electron chi connectivity index (χ1n) is 7.71. The molecule has 2 aromatic heterocycles. The summed E-state index contributed by atoms with van der Waals surface area (Å²) in [5, 5.41) is 0.598. The quantitative estimate of drug-likeness (QED) is 0.736. The van der Waals surface area contributed by atoms with E-state index in [2.05, 4.69) is 23.7 Å². The number of thiophene rings is 1. The van der Waals surface area contributed by atoms with Crippen LogP contribution in [0.2, 0.25) is 0 Å². The zero-order chi connectivity index (χ0) is 16.3. The summed E-state index contributed by atoms with van der Waals surface area (Å²) in [6, 6.07) is 0. The van der Waals surface area contributed by atoms with E-state index in [4.69, 9.17) is 0 Å². The lowest BCUT2D eigenvalue weighted by Crippen LogP contribution is -2.27. The van der Waals surface area contributed by atoms with Crippen LogP contribution in [-0.4, -0.2) is 39.9 Å². The van der Waals surface area contributed by atoms with Crippen molar-refractivity contribution in [3.05, 3.63) is 27.1 Å². The summed E-state index contributed by atoms with van der Waals surface area (Å²) in [5.74, 6) is -0.00650. The lowest BCUT2D eigenvalue weighted by atomic mass is 10.2. The standard InChI is InChI=1S/C16H23N3O2S/c1-5-18(6-2)8-7-9-19-10-17-15-13(16(19)21)11(3)14(22-15)12(4)20/h10H,5-9H2,1-4H3. The van der Waals surface area contributed by atoms with Gasteiger partial charge in [-0.2, -0.15) is 0 Å². The van der Waals surface area contributed by atoms with Crippen LogP contribution in [-0.2, 0) is 6.54 Å². The fourth-order valence-corrected chi connectivity index (χ4v) is 3.69. The molecule has 2 heterocycles. The zero-order valence-electron chi connectivity index (χ0n) is 13.7. The van der Waals surface area contributed by atoms with Crippen LogP contribution in [0.1, 0.15) is 42.4 Å². The predicted molar refractivity (Wildman–Crippen MR) is 91.0 cm³/mol. The van der Waals surface area contributed by atoms with Crippen LogP contribution in [0.25, 0.3) is 10.2 Å². The molecule has 0 aliphatic rings. The van der Waals surface area contributed by atoms with E-state index in [0.29, 0.717) is 21.6 Å². The molecule has 0 N–H and O–H groups in total. The molecule has 0 aliphatic carbocycles. The largest absolute Gasteiger partial charge is 0.304 e. The topological polar surface area (TPSA) is 55.2 Å². The van der Waals surface area contributed by atoms with Gasteiger partial charge in [-0.05, 0) is 45.5 Å². The minimum absolute atomic E-state index is 0.00650. The molecule has 120 valence electrons. The van der Waals surface area contributed by atoms with Gasteiger partial charge in [-0.25, -0.2) is 4.98 Å². The van der Waals surface area contributed by atoms with E-state index in [1.54, 1.807) is 10.9 Å². The molecule has 0 aliphatic heterocycles. The second-order valence-electron chi connectivity index (χ2n) is 5.42. The van der Waals surface area contributed by atoms with Gasteiger partial charge in [0.1, 0.15) is 4.83 Å². The summed E-state index contributed by atoms with van der Waals surface area (Å²) in [6.45, 7) is 11.3. The molecule has 0 amide bonds. The van der Waals surface area contributed by atoms with E-state index < -0.39 is 0 Å². The predicted octanol–water partition coefficient (Wildman–Crippen LogP) is 2.70. The molecular formula is C16H23N3O2S. The number of hydrogen-bond acceptors (Lipinski definition) is 5. The van der Waals surface area contributed by atoms with Crippen molar-refractivity contribution in [1.29, 1.82) is 0 Å². The van der Waals surface area contributed by atoms with Crippen molar-refractivity contribution in [1.82, 2.24) is 14.5 Å². The van der Waals surface area contributed by atoms with Gasteiger partial charge in [0, 0.05) is 6.54 Å². The van der Waals surface area contributed by atoms with Gasteiger partial charge in [0.15, 0.2) is 5.78 Å². The Kier molecular flexibility index (Phi) is 5.47. The molecule has 0 radical (unpaired) electrons. The number of nitrogens with zero attached hydrogens (tertiary/aromatic N) is 3. The van der Waals surface area contributed by atoms with Gasteiger partial charge in [0.25, 0.3) is 5.56 Å². The van der Waals surface area contributed by atoms with Gasteiger partial charge in [0.05, 0.1) is 16.6 Å². The van der Waals surface area contributed by atoms with E-state index in [9.17, 15) is 9.59 Å². The Morgan fingerprint density at radius 2 is 2.05 bits per heavy atom. The number of carbonyl (C=O) groups is 1. The molecular weight excluding hydrogens is 298 g/mol. The molecule has 2 aromatic rings. The van der Waals surface area contributed by atoms with E-state index >= 15 is 0 Å². The number of aryl methyl sites for hydroxylation is 2. The maximum atomic E-state index is 12.6. The van der Waals surface area contributed by atoms with Crippen molar-refractivity contribution in [2.75, 3.05) is 19.6 Å². The van der Waals surface area contributed by atoms with Gasteiger partial charge >= 0.3 is 0 Å². The van der Waals surface area contributed by atoms with Crippen LogP contribution >= 0.6 is 11.3 Å². The number of carbonyl (C=O) groups excluding carboxylic acids is 1. The summed E-state index contributed by atoms with van der Waals surface area (Å²) in [7, 11) is 0. The summed E-state index contributed by atoms with van der Waals surface area (Å²) in [6.07, 6.45) is 2.52. The first kappa shape index (κ1) is 16.8. The molecule has 22 heavy (non-hydrogen) atoms. The highest BCUT2D eigenvalue weighted by molar-refractivity contribution is 7.20. The number of ketones is 1. The SMILES string of the molecule is CCN(CC)CCCn1cnc2sc(C(C)=O)c(C)c2c1=O. The minimum atomic E-state index is -0.0363. The van der Waals surface area contributed by atoms with E-state index in [0.717, 1.165) is 31.6 Å². The highest BCUT2D eigenvalue weighted by Crippen LogP contribution is 2.26. The number of rotatable bonds is 7. The van der Waals surface area contributed by atoms with Crippen molar-refractivity contribution in [2.45, 2.75) is 40.7 Å². The second kappa shape index (κ2) is 7.15. The molecule has 0 spiro atoms. The highest BCUT2D eigenvalue weighted by atomic mass is 32.1. The average Bonchev–Trinajstić information content (AvgIpc) is 2.84. The van der Waals surface area contributed by atoms with E-state index in [1.807, 2.05) is 6.92 Å². The summed E-state index contributed by atoms with van der Waals surface area (Å²) in [4.78, 5) is 32.2. The average molecular weight is 321 g/mol. The molecule has 0 unspecified atom stereocenters. The third kappa shape index (κ3) is 3.28. The maximum Gasteiger partial charge on any atom is 0.262 e. The summed E-state index contributed by atoms with van der Waals surface area (Å²) >= 11 is 1.31. The fraction of sp³-hybridized carbons (Fsp3) is 0.562. The first-order chi connectivity index (χ1) is 10.5. The van der Waals surface area contributed by atoms with Gasteiger partial charge in [-0.1, -0.05) is 13.8 Å². The number of Topliss-reactive ketones (excluding diaryl/α,β-unsaturated/α-hetero) is 1. The molecule has 0 saturated carbocycles. The molecule has 2 rings (SSSR count). The van der Waals surface area contributed by atoms with Crippen molar-refractivity contribution >= 4 is 27.3 Å². The Hall–Kier alpha value is -1.53. The normalized spacial score (nSPS) is 11.5. The van der Waals surface area contributed by atoms with Gasteiger partial charge < -0.3 is 4.90 Å². The monoisotopic (exact) mass is 321 g/mol. The molecule has 0 saturated heterocycles. The maximum absolute atomic E-state index is 12.6. The second-order valence-corrected chi connectivity index (χ2v) is 6.42. The van der Waals surface area contributed by atoms with Crippen LogP contribution in [0.3, 0.4) is 0 Å². The Balaban J connectivity index is 2.26. The molecule has 0 bridgehead atoms. The number of aromatic nitrogens is 2. The lowest BCUT2D eigenvalue weighted by Gasteiger charge is -2.17. The Morgan fingerprint density at radius 1 is 1.36 bits per heavy atom. The van der Waals surface area contributed by atoms with Crippen LogP contribution in [0.5, 0.6) is 0 Å². The Bertz CT molecular complexity index is 729. The fourth-order valence-electron chi connectivity index (χ4n) is 2.66. The van der Waals surface area contributed by atoms with E-state index in [-0.39, 0.29) is 11.3 Å². The minimum Gasteiger partial charge on any atom is -0.304 e.